The van der Waals surface area contributed by atoms with E-state index >= 15 is 0 Å². The molecule has 1 rings (SSSR count). The molecule has 0 amide bonds. The molecule has 168 valence electrons. The van der Waals surface area contributed by atoms with Crippen LogP contribution in [0.3, 0.4) is 0 Å². The molecule has 0 fully saturated rings. The first kappa shape index (κ1) is 25.2. The predicted molar refractivity (Wildman–Crippen MR) is 81.0 cm³/mol. The van der Waals surface area contributed by atoms with Gasteiger partial charge in [0.15, 0.2) is 0 Å². The van der Waals surface area contributed by atoms with E-state index in [1.165, 1.54) is 37.2 Å². The maximum Gasteiger partial charge on any atom is 0.460 e. The van der Waals surface area contributed by atoms with Crippen molar-refractivity contribution in [3.05, 3.63) is 29.8 Å². The van der Waals surface area contributed by atoms with E-state index in [9.17, 15) is 48.3 Å². The molecule has 0 heterocycles. The highest BCUT2D eigenvalue weighted by atomic mass is 19.4. The molecule has 1 unspecified atom stereocenters. The topological polar surface area (TPSA) is 12.5 Å². The first-order chi connectivity index (χ1) is 12.8. The van der Waals surface area contributed by atoms with Crippen LogP contribution in [0.1, 0.15) is 18.1 Å². The van der Waals surface area contributed by atoms with E-state index in [2.05, 4.69) is 4.74 Å². The van der Waals surface area contributed by atoms with Crippen molar-refractivity contribution >= 4 is 5.69 Å². The van der Waals surface area contributed by atoms with Crippen molar-refractivity contribution in [2.24, 2.45) is 0 Å². The summed E-state index contributed by atoms with van der Waals surface area (Å²) in [5, 5.41) is 0. The Balaban J connectivity index is 3.32. The van der Waals surface area contributed by atoms with Crippen LogP contribution in [0, 0.1) is 0 Å². The zero-order valence-corrected chi connectivity index (χ0v) is 15.1. The van der Waals surface area contributed by atoms with Gasteiger partial charge >= 0.3 is 29.9 Å². The van der Waals surface area contributed by atoms with Crippen molar-refractivity contribution in [2.75, 3.05) is 26.1 Å². The first-order valence-electron chi connectivity index (χ1n) is 7.71. The highest BCUT2D eigenvalue weighted by molar-refractivity contribution is 5.47. The lowest BCUT2D eigenvalue weighted by Crippen LogP contribution is -2.66. The molecular formula is C16H16F11NO. The summed E-state index contributed by atoms with van der Waals surface area (Å²) in [4.78, 5) is 1.47. The van der Waals surface area contributed by atoms with Gasteiger partial charge in [-0.25, -0.2) is 0 Å². The summed E-state index contributed by atoms with van der Waals surface area (Å²) < 4.78 is 149. The maximum absolute atomic E-state index is 14.0. The third-order valence-corrected chi connectivity index (χ3v) is 4.09. The number of halogens is 11. The number of nitrogens with zero attached hydrogens (tertiary/aromatic N) is 1. The van der Waals surface area contributed by atoms with E-state index in [1.807, 2.05) is 0 Å². The lowest BCUT2D eigenvalue weighted by Gasteiger charge is -2.38. The van der Waals surface area contributed by atoms with Gasteiger partial charge in [0, 0.05) is 33.3 Å². The molecule has 1 aromatic rings. The zero-order chi connectivity index (χ0) is 23.1. The van der Waals surface area contributed by atoms with E-state index in [0.717, 1.165) is 13.2 Å². The summed E-state index contributed by atoms with van der Waals surface area (Å²) in [6, 6.07) is 5.04. The Morgan fingerprint density at radius 2 is 1.34 bits per heavy atom. The average molecular weight is 447 g/mol. The molecule has 0 saturated heterocycles. The van der Waals surface area contributed by atoms with Gasteiger partial charge in [0.1, 0.15) is 0 Å². The van der Waals surface area contributed by atoms with Crippen LogP contribution >= 0.6 is 0 Å². The Bertz CT molecular complexity index is 700. The van der Waals surface area contributed by atoms with Crippen molar-refractivity contribution in [3.8, 4) is 0 Å². The third kappa shape index (κ3) is 4.38. The van der Waals surface area contributed by atoms with Gasteiger partial charge in [0.2, 0.25) is 0 Å². The van der Waals surface area contributed by atoms with Crippen LogP contribution in [-0.2, 0) is 4.74 Å². The Morgan fingerprint density at radius 3 is 1.76 bits per heavy atom. The first-order valence-corrected chi connectivity index (χ1v) is 7.71. The fourth-order valence-electron chi connectivity index (χ4n) is 2.31. The molecular weight excluding hydrogens is 431 g/mol. The molecule has 0 aliphatic carbocycles. The van der Waals surface area contributed by atoms with Gasteiger partial charge < -0.3 is 9.64 Å². The van der Waals surface area contributed by atoms with Crippen LogP contribution in [0.4, 0.5) is 54.0 Å². The van der Waals surface area contributed by atoms with Crippen molar-refractivity contribution in [1.29, 1.82) is 0 Å². The second-order valence-electron chi connectivity index (χ2n) is 6.34. The SMILES string of the molecule is COC(CC(F)(F)C(F)(F)C(F)(F)C(F)(F)C(F)(F)F)c1cccc(N(C)C)c1. The van der Waals surface area contributed by atoms with Gasteiger partial charge in [-0.1, -0.05) is 12.1 Å². The van der Waals surface area contributed by atoms with Crippen LogP contribution < -0.4 is 4.90 Å². The zero-order valence-electron chi connectivity index (χ0n) is 15.1. The molecule has 0 N–H and O–H groups in total. The van der Waals surface area contributed by atoms with Gasteiger partial charge in [0.05, 0.1) is 6.10 Å². The second-order valence-corrected chi connectivity index (χ2v) is 6.34. The number of hydrogen-bond acceptors (Lipinski definition) is 2. The molecule has 1 atom stereocenters. The molecule has 13 heteroatoms. The van der Waals surface area contributed by atoms with Gasteiger partial charge in [-0.2, -0.15) is 48.3 Å². The molecule has 0 bridgehead atoms. The molecule has 1 aromatic carbocycles. The summed E-state index contributed by atoms with van der Waals surface area (Å²) in [5.74, 6) is -27.9. The highest BCUT2D eigenvalue weighted by Gasteiger charge is 2.87. The van der Waals surface area contributed by atoms with Gasteiger partial charge in [-0.3, -0.25) is 0 Å². The summed E-state index contributed by atoms with van der Waals surface area (Å²) in [6.07, 6.45) is -11.5. The number of methoxy groups -OCH3 is 1. The molecule has 2 nitrogen and oxygen atoms in total. The highest BCUT2D eigenvalue weighted by Crippen LogP contribution is 2.58. The number of alkyl halides is 11. The van der Waals surface area contributed by atoms with E-state index < -0.39 is 42.4 Å². The molecule has 0 radical (unpaired) electrons. The Labute approximate surface area is 158 Å². The van der Waals surface area contributed by atoms with E-state index in [1.54, 1.807) is 0 Å². The Kier molecular flexibility index (Phi) is 6.79. The summed E-state index contributed by atoms with van der Waals surface area (Å²) in [7, 11) is 3.82. The molecule has 0 aromatic heterocycles. The van der Waals surface area contributed by atoms with Crippen molar-refractivity contribution in [1.82, 2.24) is 0 Å². The van der Waals surface area contributed by atoms with Crippen LogP contribution in [-0.4, -0.2) is 51.1 Å². The van der Waals surface area contributed by atoms with Crippen LogP contribution in [0.15, 0.2) is 24.3 Å². The fourth-order valence-corrected chi connectivity index (χ4v) is 2.31. The number of anilines is 1. The average Bonchev–Trinajstić information content (AvgIpc) is 2.58. The van der Waals surface area contributed by atoms with Crippen molar-refractivity contribution < 1.29 is 53.0 Å². The van der Waals surface area contributed by atoms with Crippen LogP contribution in [0.5, 0.6) is 0 Å². The minimum atomic E-state index is -7.43. The largest absolute Gasteiger partial charge is 0.460 e. The quantitative estimate of drug-likeness (QED) is 0.458. The Hall–Kier alpha value is -1.79. The fraction of sp³-hybridized carbons (Fsp3) is 0.625. The molecule has 29 heavy (non-hydrogen) atoms. The number of hydrogen-bond donors (Lipinski definition) is 0. The van der Waals surface area contributed by atoms with Crippen molar-refractivity contribution in [2.45, 2.75) is 42.4 Å². The van der Waals surface area contributed by atoms with E-state index in [-0.39, 0.29) is 5.56 Å². The van der Waals surface area contributed by atoms with Crippen LogP contribution in [0.2, 0.25) is 0 Å². The lowest BCUT2D eigenvalue weighted by atomic mass is 9.92. The lowest BCUT2D eigenvalue weighted by molar-refractivity contribution is -0.423. The van der Waals surface area contributed by atoms with Gasteiger partial charge in [-0.15, -0.1) is 0 Å². The number of rotatable bonds is 8. The summed E-state index contributed by atoms with van der Waals surface area (Å²) >= 11 is 0. The van der Waals surface area contributed by atoms with E-state index in [0.29, 0.717) is 5.69 Å². The molecule has 0 aliphatic heterocycles. The number of ether oxygens (including phenoxy) is 1. The monoisotopic (exact) mass is 447 g/mol. The molecule has 0 saturated carbocycles. The van der Waals surface area contributed by atoms with Gasteiger partial charge in [-0.05, 0) is 17.7 Å². The van der Waals surface area contributed by atoms with E-state index in [4.69, 9.17) is 0 Å². The smallest absolute Gasteiger partial charge is 0.378 e. The minimum absolute atomic E-state index is 0.208. The van der Waals surface area contributed by atoms with Crippen molar-refractivity contribution in [3.63, 3.8) is 0 Å². The summed E-state index contributed by atoms with van der Waals surface area (Å²) in [5.41, 5.74) is 0.161. The number of benzene rings is 1. The standard InChI is InChI=1S/C16H16F11NO/c1-28(2)10-6-4-5-9(7-10)11(29-3)8-12(17,18)13(19,20)14(21,22)15(23,24)16(25,26)27/h4-7,11H,8H2,1-3H3. The van der Waals surface area contributed by atoms with Crippen LogP contribution in [0.25, 0.3) is 0 Å². The minimum Gasteiger partial charge on any atom is -0.378 e. The Morgan fingerprint density at radius 1 is 0.828 bits per heavy atom. The molecule has 0 spiro atoms. The normalized spacial score (nSPS) is 15.4. The molecule has 0 aliphatic rings. The summed E-state index contributed by atoms with van der Waals surface area (Å²) in [6.45, 7) is 0. The third-order valence-electron chi connectivity index (χ3n) is 4.09. The van der Waals surface area contributed by atoms with Gasteiger partial charge in [0.25, 0.3) is 0 Å². The maximum atomic E-state index is 14.0. The second kappa shape index (κ2) is 7.80. The predicted octanol–water partition coefficient (Wildman–Crippen LogP) is 5.93.